The number of anilines is 2. The Hall–Kier alpha value is -1.62. The summed E-state index contributed by atoms with van der Waals surface area (Å²) in [5.41, 5.74) is -0.0899. The number of carbonyl (C=O) groups is 1. The third-order valence-electron chi connectivity index (χ3n) is 3.40. The van der Waals surface area contributed by atoms with Crippen LogP contribution in [0.3, 0.4) is 0 Å². The van der Waals surface area contributed by atoms with Crippen molar-refractivity contribution in [2.24, 2.45) is 0 Å². The van der Waals surface area contributed by atoms with Crippen LogP contribution in [0.1, 0.15) is 27.2 Å². The first-order valence-corrected chi connectivity index (χ1v) is 8.55. The fourth-order valence-corrected chi connectivity index (χ4v) is 3.21. The smallest absolute Gasteiger partial charge is 0.412 e. The minimum absolute atomic E-state index is 0.0751. The lowest BCUT2D eigenvalue weighted by atomic mass is 10.2. The molecular formula is C15H20IN3O5. The van der Waals surface area contributed by atoms with Crippen LogP contribution >= 0.6 is 22.6 Å². The van der Waals surface area contributed by atoms with Gasteiger partial charge in [-0.1, -0.05) is 0 Å². The van der Waals surface area contributed by atoms with Gasteiger partial charge in [-0.05, 0) is 55.8 Å². The summed E-state index contributed by atoms with van der Waals surface area (Å²) in [7, 11) is 0. The van der Waals surface area contributed by atoms with E-state index < -0.39 is 22.7 Å². The van der Waals surface area contributed by atoms with Crippen molar-refractivity contribution in [2.45, 2.75) is 38.9 Å². The van der Waals surface area contributed by atoms with Crippen LogP contribution in [0, 0.1) is 13.7 Å². The molecule has 9 heteroatoms. The van der Waals surface area contributed by atoms with E-state index in [0.717, 1.165) is 5.69 Å². The number of amides is 1. The Morgan fingerprint density at radius 1 is 1.50 bits per heavy atom. The molecule has 1 aliphatic rings. The quantitative estimate of drug-likeness (QED) is 0.418. The highest BCUT2D eigenvalue weighted by Gasteiger charge is 2.27. The van der Waals surface area contributed by atoms with Crippen LogP contribution in [0.4, 0.5) is 21.9 Å². The van der Waals surface area contributed by atoms with E-state index in [-0.39, 0.29) is 11.4 Å². The van der Waals surface area contributed by atoms with Crippen LogP contribution in [0.15, 0.2) is 12.1 Å². The monoisotopic (exact) mass is 449 g/mol. The van der Waals surface area contributed by atoms with E-state index in [1.807, 2.05) is 27.5 Å². The van der Waals surface area contributed by atoms with Crippen molar-refractivity contribution in [2.75, 3.05) is 23.3 Å². The first-order chi connectivity index (χ1) is 11.1. The Bertz CT molecular complexity index is 659. The lowest BCUT2D eigenvalue weighted by Gasteiger charge is -2.22. The molecule has 0 aliphatic carbocycles. The maximum Gasteiger partial charge on any atom is 0.412 e. The summed E-state index contributed by atoms with van der Waals surface area (Å²) < 4.78 is 5.84. The second-order valence-corrected chi connectivity index (χ2v) is 7.76. The number of nitro benzene ring substituents is 1. The predicted molar refractivity (Wildman–Crippen MR) is 98.5 cm³/mol. The second-order valence-electron chi connectivity index (χ2n) is 6.59. The highest BCUT2D eigenvalue weighted by molar-refractivity contribution is 14.1. The van der Waals surface area contributed by atoms with Crippen molar-refractivity contribution < 1.29 is 19.6 Å². The number of β-amino-alcohol motifs (C(OH)–C–C–N with tert-alkyl or cyclic N) is 1. The van der Waals surface area contributed by atoms with Crippen LogP contribution in [0.25, 0.3) is 0 Å². The summed E-state index contributed by atoms with van der Waals surface area (Å²) in [5, 5.41) is 23.4. The predicted octanol–water partition coefficient (Wildman–Crippen LogP) is 3.12. The number of nitro groups is 1. The topological polar surface area (TPSA) is 105 Å². The van der Waals surface area contributed by atoms with E-state index in [1.54, 1.807) is 26.8 Å². The zero-order valence-corrected chi connectivity index (χ0v) is 15.9. The van der Waals surface area contributed by atoms with E-state index in [9.17, 15) is 20.0 Å². The van der Waals surface area contributed by atoms with E-state index in [4.69, 9.17) is 4.74 Å². The lowest BCUT2D eigenvalue weighted by molar-refractivity contribution is -0.384. The van der Waals surface area contributed by atoms with Gasteiger partial charge in [0.2, 0.25) is 0 Å². The second kappa shape index (κ2) is 7.09. The molecule has 24 heavy (non-hydrogen) atoms. The molecule has 1 saturated heterocycles. The molecule has 2 N–H and O–H groups in total. The van der Waals surface area contributed by atoms with Crippen LogP contribution in [0.5, 0.6) is 0 Å². The third-order valence-corrected chi connectivity index (χ3v) is 4.27. The Balaban J connectivity index is 2.33. The number of halogens is 1. The molecule has 1 heterocycles. The Morgan fingerprint density at radius 2 is 2.17 bits per heavy atom. The SMILES string of the molecule is CC(C)(C)OC(=O)Nc1cc(N2CC[C@@H](O)C2)c(I)cc1[N+](=O)[O-]. The molecule has 0 spiro atoms. The van der Waals surface area contributed by atoms with Crippen molar-refractivity contribution in [1.82, 2.24) is 0 Å². The Labute approximate surface area is 153 Å². The number of nitrogens with one attached hydrogen (secondary N) is 1. The van der Waals surface area contributed by atoms with Crippen molar-refractivity contribution >= 4 is 45.7 Å². The van der Waals surface area contributed by atoms with Crippen molar-refractivity contribution in [3.05, 3.63) is 25.8 Å². The maximum absolute atomic E-state index is 12.0. The van der Waals surface area contributed by atoms with Crippen LogP contribution in [-0.2, 0) is 4.74 Å². The van der Waals surface area contributed by atoms with Crippen molar-refractivity contribution in [3.8, 4) is 0 Å². The fraction of sp³-hybridized carbons (Fsp3) is 0.533. The summed E-state index contributed by atoms with van der Waals surface area (Å²) >= 11 is 2.02. The number of benzene rings is 1. The molecular weight excluding hydrogens is 429 g/mol. The third kappa shape index (κ3) is 4.69. The van der Waals surface area contributed by atoms with E-state index >= 15 is 0 Å². The molecule has 1 aromatic rings. The zero-order chi connectivity index (χ0) is 18.1. The van der Waals surface area contributed by atoms with E-state index in [0.29, 0.717) is 23.1 Å². The standard InChI is InChI=1S/C15H20IN3O5/c1-15(2,3)24-14(21)17-11-7-12(18-5-4-9(20)8-18)10(16)6-13(11)19(22)23/h6-7,9,20H,4-5,8H2,1-3H3,(H,17,21)/t9-/m1/s1. The summed E-state index contributed by atoms with van der Waals surface area (Å²) in [6, 6.07) is 2.97. The number of aliphatic hydroxyl groups is 1. The molecule has 2 rings (SSSR count). The van der Waals surface area contributed by atoms with Crippen molar-refractivity contribution in [1.29, 1.82) is 0 Å². The number of hydrogen-bond acceptors (Lipinski definition) is 6. The molecule has 1 amide bonds. The fourth-order valence-electron chi connectivity index (χ4n) is 2.42. The van der Waals surface area contributed by atoms with Crippen LogP contribution in [0.2, 0.25) is 0 Å². The molecule has 8 nitrogen and oxygen atoms in total. The number of nitrogens with zero attached hydrogens (tertiary/aromatic N) is 2. The Morgan fingerprint density at radius 3 is 2.67 bits per heavy atom. The van der Waals surface area contributed by atoms with E-state index in [2.05, 4.69) is 5.32 Å². The van der Waals surface area contributed by atoms with Gasteiger partial charge in [-0.15, -0.1) is 0 Å². The number of ether oxygens (including phenoxy) is 1. The van der Waals surface area contributed by atoms with Crippen LogP contribution in [-0.4, -0.2) is 40.9 Å². The van der Waals surface area contributed by atoms with Gasteiger partial charge in [-0.3, -0.25) is 15.4 Å². The number of aliphatic hydroxyl groups excluding tert-OH is 1. The largest absolute Gasteiger partial charge is 0.444 e. The average molecular weight is 449 g/mol. The normalized spacial score (nSPS) is 17.7. The molecule has 0 unspecified atom stereocenters. The minimum atomic E-state index is -0.751. The molecule has 1 atom stereocenters. The number of carbonyl (C=O) groups excluding carboxylic acids is 1. The van der Waals surface area contributed by atoms with Crippen LogP contribution < -0.4 is 10.2 Å². The summed E-state index contributed by atoms with van der Waals surface area (Å²) in [4.78, 5) is 24.6. The van der Waals surface area contributed by atoms with Gasteiger partial charge in [0.25, 0.3) is 5.69 Å². The zero-order valence-electron chi connectivity index (χ0n) is 13.7. The molecule has 0 aromatic heterocycles. The van der Waals surface area contributed by atoms with Gasteiger partial charge in [-0.25, -0.2) is 4.79 Å². The molecule has 0 bridgehead atoms. The lowest BCUT2D eigenvalue weighted by Crippen LogP contribution is -2.28. The minimum Gasteiger partial charge on any atom is -0.444 e. The Kier molecular flexibility index (Phi) is 5.53. The number of rotatable bonds is 3. The van der Waals surface area contributed by atoms with Gasteiger partial charge in [-0.2, -0.15) is 0 Å². The molecule has 0 radical (unpaired) electrons. The van der Waals surface area contributed by atoms with Gasteiger partial charge in [0, 0.05) is 22.7 Å². The summed E-state index contributed by atoms with van der Waals surface area (Å²) in [6.45, 7) is 6.25. The van der Waals surface area contributed by atoms with Gasteiger partial charge in [0.1, 0.15) is 11.3 Å². The summed E-state index contributed by atoms with van der Waals surface area (Å²) in [6.07, 6.45) is -0.528. The molecule has 1 aliphatic heterocycles. The van der Waals surface area contributed by atoms with Gasteiger partial charge < -0.3 is 14.7 Å². The molecule has 132 valence electrons. The molecule has 0 saturated carbocycles. The van der Waals surface area contributed by atoms with Gasteiger partial charge in [0.05, 0.1) is 16.7 Å². The highest BCUT2D eigenvalue weighted by Crippen LogP contribution is 2.36. The molecule has 1 aromatic carbocycles. The first kappa shape index (κ1) is 18.7. The van der Waals surface area contributed by atoms with Gasteiger partial charge in [0.15, 0.2) is 0 Å². The highest BCUT2D eigenvalue weighted by atomic mass is 127. The van der Waals surface area contributed by atoms with E-state index in [1.165, 1.54) is 6.07 Å². The summed E-state index contributed by atoms with van der Waals surface area (Å²) in [5.74, 6) is 0. The molecule has 1 fully saturated rings. The van der Waals surface area contributed by atoms with Gasteiger partial charge >= 0.3 is 6.09 Å². The maximum atomic E-state index is 12.0. The van der Waals surface area contributed by atoms with Crippen molar-refractivity contribution in [3.63, 3.8) is 0 Å². The number of hydrogen-bond donors (Lipinski definition) is 2. The average Bonchev–Trinajstić information content (AvgIpc) is 2.84. The first-order valence-electron chi connectivity index (χ1n) is 7.48.